The zero-order chi connectivity index (χ0) is 17.2. The first kappa shape index (κ1) is 16.2. The zero-order valence-corrected chi connectivity index (χ0v) is 14.2. The van der Waals surface area contributed by atoms with Gasteiger partial charge in [-0.05, 0) is 25.5 Å². The molecule has 1 aromatic carbocycles. The lowest BCUT2D eigenvalue weighted by Crippen LogP contribution is -2.14. The van der Waals surface area contributed by atoms with Crippen LogP contribution in [0.2, 0.25) is 0 Å². The Balaban J connectivity index is 2.07. The van der Waals surface area contributed by atoms with Crippen LogP contribution < -0.4 is 4.72 Å². The molecular formula is C15H18N6O2S. The number of sulfonamides is 1. The summed E-state index contributed by atoms with van der Waals surface area (Å²) in [5.41, 5.74) is 1.16. The first-order chi connectivity index (χ1) is 11.5. The fourth-order valence-corrected chi connectivity index (χ4v) is 3.50. The molecule has 0 unspecified atom stereocenters. The highest BCUT2D eigenvalue weighted by molar-refractivity contribution is 7.92. The molecule has 3 rings (SSSR count). The van der Waals surface area contributed by atoms with Crippen molar-refractivity contribution < 1.29 is 8.42 Å². The van der Waals surface area contributed by atoms with Gasteiger partial charge in [0, 0.05) is 6.54 Å². The van der Waals surface area contributed by atoms with Crippen molar-refractivity contribution in [2.24, 2.45) is 0 Å². The van der Waals surface area contributed by atoms with Crippen LogP contribution >= 0.6 is 0 Å². The predicted octanol–water partition coefficient (Wildman–Crippen LogP) is 1.98. The number of hydrogen-bond donors (Lipinski definition) is 1. The Bertz CT molecular complexity index is 917. The summed E-state index contributed by atoms with van der Waals surface area (Å²) in [4.78, 5) is 0.197. The molecule has 2 heterocycles. The van der Waals surface area contributed by atoms with Crippen molar-refractivity contribution in [3.8, 4) is 5.82 Å². The van der Waals surface area contributed by atoms with E-state index in [1.54, 1.807) is 39.6 Å². The fraction of sp³-hybridized carbons (Fsp3) is 0.267. The van der Waals surface area contributed by atoms with Gasteiger partial charge in [-0.25, -0.2) is 8.42 Å². The first-order valence-corrected chi connectivity index (χ1v) is 9.01. The van der Waals surface area contributed by atoms with Crippen molar-refractivity contribution in [1.29, 1.82) is 0 Å². The number of nitrogens with one attached hydrogen (secondary N) is 1. The Hall–Kier alpha value is -2.68. The molecule has 3 aromatic rings. The SMILES string of the molecule is CCCn1nc(-n2cnnc2)c(NS(=O)(=O)c2ccccc2)c1C. The van der Waals surface area contributed by atoms with Gasteiger partial charge in [0.1, 0.15) is 18.3 Å². The second-order valence-corrected chi connectivity index (χ2v) is 6.98. The minimum Gasteiger partial charge on any atom is -0.274 e. The molecule has 1 N–H and O–H groups in total. The average Bonchev–Trinajstić information content (AvgIpc) is 3.20. The van der Waals surface area contributed by atoms with Gasteiger partial charge in [0.2, 0.25) is 0 Å². The Kier molecular flexibility index (Phi) is 4.34. The van der Waals surface area contributed by atoms with Crippen LogP contribution in [0.15, 0.2) is 47.9 Å². The second kappa shape index (κ2) is 6.44. The molecule has 9 heteroatoms. The molecule has 0 saturated carbocycles. The number of aryl methyl sites for hydroxylation is 1. The van der Waals surface area contributed by atoms with Crippen molar-refractivity contribution >= 4 is 15.7 Å². The van der Waals surface area contributed by atoms with Crippen LogP contribution in [0.1, 0.15) is 19.0 Å². The van der Waals surface area contributed by atoms with Gasteiger partial charge in [0.25, 0.3) is 10.0 Å². The van der Waals surface area contributed by atoms with Crippen molar-refractivity contribution in [1.82, 2.24) is 24.5 Å². The third kappa shape index (κ3) is 3.02. The van der Waals surface area contributed by atoms with Gasteiger partial charge < -0.3 is 0 Å². The molecule has 0 saturated heterocycles. The van der Waals surface area contributed by atoms with E-state index in [1.807, 2.05) is 13.8 Å². The molecule has 0 aliphatic rings. The van der Waals surface area contributed by atoms with Crippen LogP contribution in [0.25, 0.3) is 5.82 Å². The standard InChI is InChI=1S/C15H18N6O2S/c1-3-9-21-12(2)14(15(18-21)20-10-16-17-11-20)19-24(22,23)13-7-5-4-6-8-13/h4-8,10-11,19H,3,9H2,1-2H3. The maximum atomic E-state index is 12.7. The van der Waals surface area contributed by atoms with Gasteiger partial charge in [-0.3, -0.25) is 14.0 Å². The third-order valence-electron chi connectivity index (χ3n) is 3.58. The van der Waals surface area contributed by atoms with Crippen LogP contribution in [-0.2, 0) is 16.6 Å². The van der Waals surface area contributed by atoms with Gasteiger partial charge >= 0.3 is 0 Å². The van der Waals surface area contributed by atoms with E-state index < -0.39 is 10.0 Å². The smallest absolute Gasteiger partial charge is 0.262 e. The van der Waals surface area contributed by atoms with Crippen LogP contribution in [0.4, 0.5) is 5.69 Å². The fourth-order valence-electron chi connectivity index (χ4n) is 2.36. The molecule has 0 aliphatic heterocycles. The number of anilines is 1. The van der Waals surface area contributed by atoms with E-state index >= 15 is 0 Å². The molecule has 24 heavy (non-hydrogen) atoms. The van der Waals surface area contributed by atoms with Crippen LogP contribution in [0, 0.1) is 6.92 Å². The number of hydrogen-bond acceptors (Lipinski definition) is 5. The maximum absolute atomic E-state index is 12.7. The van der Waals surface area contributed by atoms with E-state index in [9.17, 15) is 8.42 Å². The van der Waals surface area contributed by atoms with Crippen molar-refractivity contribution in [3.63, 3.8) is 0 Å². The van der Waals surface area contributed by atoms with E-state index in [0.29, 0.717) is 18.1 Å². The molecule has 0 spiro atoms. The number of rotatable bonds is 6. The molecule has 0 bridgehead atoms. The summed E-state index contributed by atoms with van der Waals surface area (Å²) in [7, 11) is -3.71. The molecule has 0 aliphatic carbocycles. The monoisotopic (exact) mass is 346 g/mol. The molecule has 0 amide bonds. The van der Waals surface area contributed by atoms with Crippen molar-refractivity contribution in [2.75, 3.05) is 4.72 Å². The molecule has 0 radical (unpaired) electrons. The van der Waals surface area contributed by atoms with E-state index in [2.05, 4.69) is 20.0 Å². The highest BCUT2D eigenvalue weighted by Crippen LogP contribution is 2.26. The summed E-state index contributed by atoms with van der Waals surface area (Å²) >= 11 is 0. The quantitative estimate of drug-likeness (QED) is 0.736. The minimum atomic E-state index is -3.71. The molecular weight excluding hydrogens is 328 g/mol. The Morgan fingerprint density at radius 1 is 1.12 bits per heavy atom. The molecule has 126 valence electrons. The second-order valence-electron chi connectivity index (χ2n) is 5.29. The lowest BCUT2D eigenvalue weighted by molar-refractivity contribution is 0.583. The lowest BCUT2D eigenvalue weighted by Gasteiger charge is -2.09. The van der Waals surface area contributed by atoms with Crippen molar-refractivity contribution in [2.45, 2.75) is 31.7 Å². The maximum Gasteiger partial charge on any atom is 0.262 e. The van der Waals surface area contributed by atoms with E-state index in [1.165, 1.54) is 12.7 Å². The Morgan fingerprint density at radius 2 is 1.79 bits per heavy atom. The summed E-state index contributed by atoms with van der Waals surface area (Å²) in [6.07, 6.45) is 3.85. The molecule has 2 aromatic heterocycles. The highest BCUT2D eigenvalue weighted by Gasteiger charge is 2.22. The topological polar surface area (TPSA) is 94.7 Å². The zero-order valence-electron chi connectivity index (χ0n) is 13.4. The summed E-state index contributed by atoms with van der Waals surface area (Å²) in [6.45, 7) is 4.56. The van der Waals surface area contributed by atoms with Crippen LogP contribution in [0.3, 0.4) is 0 Å². The molecule has 0 atom stereocenters. The van der Waals surface area contributed by atoms with E-state index in [0.717, 1.165) is 12.1 Å². The summed E-state index contributed by atoms with van der Waals surface area (Å²) < 4.78 is 31.3. The summed E-state index contributed by atoms with van der Waals surface area (Å²) in [6, 6.07) is 8.23. The van der Waals surface area contributed by atoms with Crippen LogP contribution in [0.5, 0.6) is 0 Å². The number of aromatic nitrogens is 5. The Morgan fingerprint density at radius 3 is 2.42 bits per heavy atom. The van der Waals surface area contributed by atoms with Crippen LogP contribution in [-0.4, -0.2) is 33.0 Å². The molecule has 8 nitrogen and oxygen atoms in total. The van der Waals surface area contributed by atoms with Gasteiger partial charge in [0.15, 0.2) is 5.82 Å². The third-order valence-corrected chi connectivity index (χ3v) is 4.94. The largest absolute Gasteiger partial charge is 0.274 e. The molecule has 0 fully saturated rings. The van der Waals surface area contributed by atoms with E-state index in [4.69, 9.17) is 0 Å². The number of benzene rings is 1. The van der Waals surface area contributed by atoms with E-state index in [-0.39, 0.29) is 4.90 Å². The van der Waals surface area contributed by atoms with Gasteiger partial charge in [-0.15, -0.1) is 10.2 Å². The van der Waals surface area contributed by atoms with Gasteiger partial charge in [-0.1, -0.05) is 25.1 Å². The van der Waals surface area contributed by atoms with Gasteiger partial charge in [-0.2, -0.15) is 5.10 Å². The predicted molar refractivity (Wildman–Crippen MR) is 89.4 cm³/mol. The highest BCUT2D eigenvalue weighted by atomic mass is 32.2. The average molecular weight is 346 g/mol. The number of nitrogens with zero attached hydrogens (tertiary/aromatic N) is 5. The first-order valence-electron chi connectivity index (χ1n) is 7.53. The minimum absolute atomic E-state index is 0.197. The lowest BCUT2D eigenvalue weighted by atomic mass is 10.3. The summed E-state index contributed by atoms with van der Waals surface area (Å²) in [5, 5.41) is 12.0. The normalized spacial score (nSPS) is 11.6. The van der Waals surface area contributed by atoms with Crippen molar-refractivity contribution in [3.05, 3.63) is 48.7 Å². The Labute approximate surface area is 140 Å². The van der Waals surface area contributed by atoms with Gasteiger partial charge in [0.05, 0.1) is 10.6 Å². The summed E-state index contributed by atoms with van der Waals surface area (Å²) in [5.74, 6) is 0.449.